The molecule has 0 saturated heterocycles. The van der Waals surface area contributed by atoms with Crippen LogP contribution in [0.1, 0.15) is 42.1 Å². The van der Waals surface area contributed by atoms with Gasteiger partial charge in [0.2, 0.25) is 0 Å². The van der Waals surface area contributed by atoms with Crippen molar-refractivity contribution in [3.05, 3.63) is 89.3 Å². The molecule has 212 valence electrons. The molecule has 2 N–H and O–H groups in total. The zero-order valence-corrected chi connectivity index (χ0v) is 23.7. The Morgan fingerprint density at radius 3 is 2.62 bits per heavy atom. The van der Waals surface area contributed by atoms with Crippen LogP contribution in [0, 0.1) is 31.0 Å². The van der Waals surface area contributed by atoms with Crippen LogP contribution in [0.2, 0.25) is 0 Å². The van der Waals surface area contributed by atoms with Crippen molar-refractivity contribution in [2.24, 2.45) is 7.05 Å². The van der Waals surface area contributed by atoms with Crippen molar-refractivity contribution in [2.45, 2.75) is 33.6 Å². The fraction of sp³-hybridized carbons (Fsp3) is 0.200. The predicted molar refractivity (Wildman–Crippen MR) is 155 cm³/mol. The number of carbonyl (C=O) groups excluding carboxylic acids is 1. The van der Waals surface area contributed by atoms with Crippen LogP contribution in [0.25, 0.3) is 16.9 Å². The number of benzene rings is 2. The van der Waals surface area contributed by atoms with E-state index < -0.39 is 11.8 Å². The van der Waals surface area contributed by atoms with Crippen molar-refractivity contribution in [3.8, 4) is 34.8 Å². The summed E-state index contributed by atoms with van der Waals surface area (Å²) in [6.45, 7) is 7.48. The average Bonchev–Trinajstić information content (AvgIpc) is 3.58. The maximum absolute atomic E-state index is 14.9. The Morgan fingerprint density at radius 2 is 1.90 bits per heavy atom. The quantitative estimate of drug-likeness (QED) is 0.238. The Bertz CT molecular complexity index is 1840. The van der Waals surface area contributed by atoms with E-state index >= 15 is 0 Å². The largest absolute Gasteiger partial charge is 0.424 e. The summed E-state index contributed by atoms with van der Waals surface area (Å²) in [5.74, 6) is 0.0527. The fourth-order valence-electron chi connectivity index (χ4n) is 4.16. The van der Waals surface area contributed by atoms with Crippen LogP contribution in [-0.2, 0) is 7.05 Å². The lowest BCUT2D eigenvalue weighted by molar-refractivity contribution is 0.262. The summed E-state index contributed by atoms with van der Waals surface area (Å²) in [6.07, 6.45) is 5.04. The number of rotatable bonds is 7. The highest BCUT2D eigenvalue weighted by Crippen LogP contribution is 2.30. The molecule has 2 aromatic carbocycles. The number of hydrogen-bond acceptors (Lipinski definition) is 7. The molecule has 42 heavy (non-hydrogen) atoms. The molecule has 0 aliphatic carbocycles. The van der Waals surface area contributed by atoms with E-state index in [0.29, 0.717) is 28.3 Å². The molecule has 3 aromatic heterocycles. The monoisotopic (exact) mass is 565 g/mol. The number of ether oxygens (including phenoxy) is 1. The number of nitrogens with one attached hydrogen (secondary N) is 2. The standard InChI is InChI=1S/C30H28FN9O2/c1-17(2)25-13-28(40(38-25)22-7-6-18(3)20(11-22)14-32)37-29(41)35-26-12-27(19(4)10-23(26)31)42-30-33-9-8-24(36-30)21-15-34-39(5)16-21/h6-13,15-17H,1-5H3,(H2,35,37,41). The first kappa shape index (κ1) is 28.0. The number of hydrogen-bond donors (Lipinski definition) is 2. The van der Waals surface area contributed by atoms with Crippen LogP contribution < -0.4 is 15.4 Å². The minimum absolute atomic E-state index is 0.0569. The molecular formula is C30H28FN9O2. The molecule has 0 atom stereocenters. The Labute approximate surface area is 241 Å². The molecule has 0 bridgehead atoms. The minimum atomic E-state index is -0.692. The third kappa shape index (κ3) is 5.95. The van der Waals surface area contributed by atoms with E-state index in [1.54, 1.807) is 53.9 Å². The third-order valence-corrected chi connectivity index (χ3v) is 6.50. The van der Waals surface area contributed by atoms with Crippen LogP contribution >= 0.6 is 0 Å². The highest BCUT2D eigenvalue weighted by molar-refractivity contribution is 5.99. The van der Waals surface area contributed by atoms with Gasteiger partial charge in [-0.05, 0) is 55.2 Å². The van der Waals surface area contributed by atoms with Crippen molar-refractivity contribution in [2.75, 3.05) is 10.6 Å². The number of aromatic nitrogens is 6. The van der Waals surface area contributed by atoms with Gasteiger partial charge in [-0.3, -0.25) is 10.00 Å². The van der Waals surface area contributed by atoms with Crippen molar-refractivity contribution < 1.29 is 13.9 Å². The number of amides is 2. The first-order chi connectivity index (χ1) is 20.1. The predicted octanol–water partition coefficient (Wildman–Crippen LogP) is 6.25. The molecule has 0 spiro atoms. The first-order valence-electron chi connectivity index (χ1n) is 13.1. The van der Waals surface area contributed by atoms with Crippen molar-refractivity contribution in [3.63, 3.8) is 0 Å². The van der Waals surface area contributed by atoms with Gasteiger partial charge in [0, 0.05) is 37.1 Å². The van der Waals surface area contributed by atoms with E-state index in [0.717, 1.165) is 16.8 Å². The molecule has 12 heteroatoms. The number of aryl methyl sites for hydroxylation is 3. The van der Waals surface area contributed by atoms with Gasteiger partial charge in [-0.2, -0.15) is 20.4 Å². The van der Waals surface area contributed by atoms with Gasteiger partial charge in [0.15, 0.2) is 0 Å². The second kappa shape index (κ2) is 11.5. The van der Waals surface area contributed by atoms with Crippen molar-refractivity contribution >= 4 is 17.5 Å². The summed E-state index contributed by atoms with van der Waals surface area (Å²) in [5.41, 5.74) is 4.43. The van der Waals surface area contributed by atoms with Crippen LogP contribution in [0.5, 0.6) is 11.8 Å². The third-order valence-electron chi connectivity index (χ3n) is 6.50. The van der Waals surface area contributed by atoms with Gasteiger partial charge in [-0.25, -0.2) is 18.9 Å². The van der Waals surface area contributed by atoms with Crippen molar-refractivity contribution in [1.29, 1.82) is 5.26 Å². The first-order valence-corrected chi connectivity index (χ1v) is 13.1. The van der Waals surface area contributed by atoms with E-state index in [1.165, 1.54) is 12.1 Å². The van der Waals surface area contributed by atoms with Gasteiger partial charge >= 0.3 is 12.0 Å². The normalized spacial score (nSPS) is 10.9. The summed E-state index contributed by atoms with van der Waals surface area (Å²) in [5, 5.41) is 23.5. The molecule has 5 aromatic rings. The molecule has 11 nitrogen and oxygen atoms in total. The Balaban J connectivity index is 1.38. The summed E-state index contributed by atoms with van der Waals surface area (Å²) in [4.78, 5) is 21.7. The van der Waals surface area contributed by atoms with Gasteiger partial charge in [-0.15, -0.1) is 0 Å². The number of urea groups is 1. The zero-order chi connectivity index (χ0) is 30.0. The molecule has 2 amide bonds. The van der Waals surface area contributed by atoms with Crippen LogP contribution in [0.3, 0.4) is 0 Å². The highest BCUT2D eigenvalue weighted by atomic mass is 19.1. The van der Waals surface area contributed by atoms with E-state index in [2.05, 4.69) is 36.9 Å². The average molecular weight is 566 g/mol. The van der Waals surface area contributed by atoms with E-state index in [-0.39, 0.29) is 23.4 Å². The maximum Gasteiger partial charge on any atom is 0.324 e. The topological polar surface area (TPSA) is 136 Å². The Kier molecular flexibility index (Phi) is 7.66. The smallest absolute Gasteiger partial charge is 0.324 e. The van der Waals surface area contributed by atoms with Gasteiger partial charge in [0.1, 0.15) is 17.4 Å². The van der Waals surface area contributed by atoms with Crippen LogP contribution in [0.15, 0.2) is 61.1 Å². The number of nitriles is 1. The van der Waals surface area contributed by atoms with Crippen LogP contribution in [-0.4, -0.2) is 35.6 Å². The lowest BCUT2D eigenvalue weighted by Crippen LogP contribution is -2.22. The lowest BCUT2D eigenvalue weighted by Gasteiger charge is -2.13. The van der Waals surface area contributed by atoms with Gasteiger partial charge in [-0.1, -0.05) is 19.9 Å². The fourth-order valence-corrected chi connectivity index (χ4v) is 4.16. The summed E-state index contributed by atoms with van der Waals surface area (Å²) < 4.78 is 24.0. The second-order valence-electron chi connectivity index (χ2n) is 10.0. The number of halogens is 1. The SMILES string of the molecule is Cc1ccc(-n2nc(C(C)C)cc2NC(=O)Nc2cc(Oc3nccc(-c4cnn(C)c4)n3)c(C)cc2F)cc1C#N. The van der Waals surface area contributed by atoms with E-state index in [9.17, 15) is 14.4 Å². The van der Waals surface area contributed by atoms with Gasteiger partial charge in [0.25, 0.3) is 0 Å². The van der Waals surface area contributed by atoms with Gasteiger partial charge < -0.3 is 10.1 Å². The number of carbonyl (C=O) groups is 1. The second-order valence-corrected chi connectivity index (χ2v) is 10.0. The lowest BCUT2D eigenvalue weighted by atomic mass is 10.1. The van der Waals surface area contributed by atoms with Crippen LogP contribution in [0.4, 0.5) is 20.7 Å². The molecule has 0 radical (unpaired) electrons. The maximum atomic E-state index is 14.9. The van der Waals surface area contributed by atoms with E-state index in [1.807, 2.05) is 39.1 Å². The summed E-state index contributed by atoms with van der Waals surface area (Å²) in [6, 6.07) is 13.0. The van der Waals surface area contributed by atoms with E-state index in [4.69, 9.17) is 4.74 Å². The minimum Gasteiger partial charge on any atom is -0.424 e. The molecule has 3 heterocycles. The number of nitrogens with zero attached hydrogens (tertiary/aromatic N) is 7. The highest BCUT2D eigenvalue weighted by Gasteiger charge is 2.18. The molecule has 0 saturated carbocycles. The van der Waals surface area contributed by atoms with Gasteiger partial charge in [0.05, 0.1) is 40.6 Å². The zero-order valence-electron chi connectivity index (χ0n) is 23.7. The number of anilines is 2. The molecule has 5 rings (SSSR count). The molecule has 0 fully saturated rings. The summed E-state index contributed by atoms with van der Waals surface area (Å²) in [7, 11) is 1.80. The molecular weight excluding hydrogens is 537 g/mol. The summed E-state index contributed by atoms with van der Waals surface area (Å²) >= 11 is 0. The van der Waals surface area contributed by atoms with Crippen molar-refractivity contribution in [1.82, 2.24) is 29.5 Å². The molecule has 0 unspecified atom stereocenters. The Hall–Kier alpha value is -5.57. The molecule has 0 aliphatic heterocycles. The Morgan fingerprint density at radius 1 is 1.10 bits per heavy atom. The molecule has 0 aliphatic rings.